The van der Waals surface area contributed by atoms with Crippen LogP contribution in [-0.4, -0.2) is 11.8 Å². The number of anilines is 1. The molecule has 0 bridgehead atoms. The monoisotopic (exact) mass is 257 g/mol. The van der Waals surface area contributed by atoms with Crippen LogP contribution in [0.3, 0.4) is 0 Å². The van der Waals surface area contributed by atoms with Gasteiger partial charge < -0.3 is 0 Å². The summed E-state index contributed by atoms with van der Waals surface area (Å²) in [4.78, 5) is 26.3. The second-order valence-electron chi connectivity index (χ2n) is 5.89. The molecule has 1 saturated heterocycles. The number of imide groups is 1. The number of carbonyl (C=O) groups excluding carboxylic acids is 2. The molecule has 1 heterocycles. The first kappa shape index (κ1) is 12.4. The molecule has 1 saturated carbocycles. The molecule has 0 radical (unpaired) electrons. The highest BCUT2D eigenvalue weighted by molar-refractivity contribution is 6.22. The molecule has 3 heteroatoms. The van der Waals surface area contributed by atoms with Crippen molar-refractivity contribution in [2.45, 2.75) is 45.4 Å². The lowest BCUT2D eigenvalue weighted by atomic mass is 9.73. The van der Waals surface area contributed by atoms with Crippen molar-refractivity contribution >= 4 is 17.5 Å². The second-order valence-corrected chi connectivity index (χ2v) is 5.89. The summed E-state index contributed by atoms with van der Waals surface area (Å²) in [6.45, 7) is 2.00. The van der Waals surface area contributed by atoms with Gasteiger partial charge in [-0.3, -0.25) is 14.5 Å². The molecular weight excluding hydrogens is 238 g/mol. The number of benzene rings is 1. The normalized spacial score (nSPS) is 22.3. The van der Waals surface area contributed by atoms with Gasteiger partial charge in [0.05, 0.1) is 11.1 Å². The highest BCUT2D eigenvalue weighted by atomic mass is 16.2. The van der Waals surface area contributed by atoms with Gasteiger partial charge in [0.15, 0.2) is 0 Å². The van der Waals surface area contributed by atoms with E-state index in [-0.39, 0.29) is 17.2 Å². The quantitative estimate of drug-likeness (QED) is 0.724. The maximum absolute atomic E-state index is 12.7. The van der Waals surface area contributed by atoms with Crippen LogP contribution in [0.25, 0.3) is 0 Å². The van der Waals surface area contributed by atoms with Crippen molar-refractivity contribution in [3.05, 3.63) is 29.8 Å². The summed E-state index contributed by atoms with van der Waals surface area (Å²) in [5.41, 5.74) is 1.47. The Morgan fingerprint density at radius 1 is 1.00 bits per heavy atom. The predicted molar refractivity (Wildman–Crippen MR) is 73.8 cm³/mol. The fourth-order valence-corrected chi connectivity index (χ4v) is 3.37. The van der Waals surface area contributed by atoms with Gasteiger partial charge in [-0.1, -0.05) is 37.0 Å². The highest BCUT2D eigenvalue weighted by Gasteiger charge is 2.51. The van der Waals surface area contributed by atoms with Gasteiger partial charge in [0.1, 0.15) is 0 Å². The van der Waals surface area contributed by atoms with Crippen LogP contribution < -0.4 is 4.90 Å². The smallest absolute Gasteiger partial charge is 0.240 e. The summed E-state index contributed by atoms with van der Waals surface area (Å²) in [6.07, 6.45) is 5.48. The Hall–Kier alpha value is -1.64. The summed E-state index contributed by atoms with van der Waals surface area (Å²) in [5.74, 6) is -0.00296. The lowest BCUT2D eigenvalue weighted by Crippen LogP contribution is -2.36. The highest BCUT2D eigenvalue weighted by Crippen LogP contribution is 2.46. The van der Waals surface area contributed by atoms with Gasteiger partial charge >= 0.3 is 0 Å². The van der Waals surface area contributed by atoms with Crippen LogP contribution in [0, 0.1) is 12.3 Å². The molecule has 0 atom stereocenters. The molecule has 3 rings (SSSR count). The Morgan fingerprint density at radius 2 is 1.63 bits per heavy atom. The third kappa shape index (κ3) is 1.97. The molecule has 2 amide bonds. The van der Waals surface area contributed by atoms with Gasteiger partial charge in [0.25, 0.3) is 0 Å². The number of aryl methyl sites for hydroxylation is 1. The van der Waals surface area contributed by atoms with E-state index in [1.54, 1.807) is 0 Å². The van der Waals surface area contributed by atoms with Crippen LogP contribution in [0.4, 0.5) is 5.69 Å². The number of hydrogen-bond donors (Lipinski definition) is 0. The first-order valence-electron chi connectivity index (χ1n) is 7.06. The summed E-state index contributed by atoms with van der Waals surface area (Å²) < 4.78 is 0. The summed E-state index contributed by atoms with van der Waals surface area (Å²) in [5, 5.41) is 0. The fraction of sp³-hybridized carbons (Fsp3) is 0.500. The van der Waals surface area contributed by atoms with Gasteiger partial charge in [-0.2, -0.15) is 0 Å². The molecule has 0 N–H and O–H groups in total. The summed E-state index contributed by atoms with van der Waals surface area (Å²) in [6, 6.07) is 7.63. The van der Waals surface area contributed by atoms with E-state index in [2.05, 4.69) is 0 Å². The van der Waals surface area contributed by atoms with E-state index in [1.165, 1.54) is 11.3 Å². The number of rotatable bonds is 1. The second kappa shape index (κ2) is 4.48. The van der Waals surface area contributed by atoms with Crippen LogP contribution in [0.5, 0.6) is 0 Å². The number of nitrogens with zero attached hydrogens (tertiary/aromatic N) is 1. The summed E-state index contributed by atoms with van der Waals surface area (Å²) in [7, 11) is 0. The van der Waals surface area contributed by atoms with Crippen molar-refractivity contribution in [3.63, 3.8) is 0 Å². The number of amides is 2. The Labute approximate surface area is 113 Å². The maximum atomic E-state index is 12.7. The lowest BCUT2D eigenvalue weighted by Gasteiger charge is -2.30. The van der Waals surface area contributed by atoms with Gasteiger partial charge in [-0.25, -0.2) is 0 Å². The predicted octanol–water partition coefficient (Wildman–Crippen LogP) is 3.21. The van der Waals surface area contributed by atoms with Crippen LogP contribution in [0.2, 0.25) is 0 Å². The zero-order chi connectivity index (χ0) is 13.5. The molecule has 1 aliphatic carbocycles. The Balaban J connectivity index is 1.92. The molecule has 1 aromatic carbocycles. The van der Waals surface area contributed by atoms with E-state index in [4.69, 9.17) is 0 Å². The standard InChI is InChI=1S/C16H19NO2/c1-12-5-7-13(8-6-12)17-14(18)11-16(15(17)19)9-3-2-4-10-16/h5-8H,2-4,9-11H2,1H3. The van der Waals surface area contributed by atoms with Crippen molar-refractivity contribution in [2.24, 2.45) is 5.41 Å². The lowest BCUT2D eigenvalue weighted by molar-refractivity contribution is -0.127. The van der Waals surface area contributed by atoms with Crippen LogP contribution in [0.1, 0.15) is 44.1 Å². The van der Waals surface area contributed by atoms with Gasteiger partial charge in [-0.15, -0.1) is 0 Å². The molecule has 2 aliphatic rings. The van der Waals surface area contributed by atoms with Crippen LogP contribution in [0.15, 0.2) is 24.3 Å². The average molecular weight is 257 g/mol. The fourth-order valence-electron chi connectivity index (χ4n) is 3.37. The molecule has 1 aromatic rings. The van der Waals surface area contributed by atoms with Crippen LogP contribution in [-0.2, 0) is 9.59 Å². The van der Waals surface area contributed by atoms with E-state index in [1.807, 2.05) is 31.2 Å². The average Bonchev–Trinajstić information content (AvgIpc) is 2.64. The molecule has 1 aliphatic heterocycles. The zero-order valence-electron chi connectivity index (χ0n) is 11.3. The summed E-state index contributed by atoms with van der Waals surface area (Å²) >= 11 is 0. The van der Waals surface area contributed by atoms with Gasteiger partial charge in [0, 0.05) is 6.42 Å². The topological polar surface area (TPSA) is 37.4 Å². The maximum Gasteiger partial charge on any atom is 0.240 e. The zero-order valence-corrected chi connectivity index (χ0v) is 11.3. The van der Waals surface area contributed by atoms with Crippen molar-refractivity contribution in [1.82, 2.24) is 0 Å². The first-order chi connectivity index (χ1) is 9.12. The molecule has 19 heavy (non-hydrogen) atoms. The van der Waals surface area contributed by atoms with Crippen LogP contribution >= 0.6 is 0 Å². The Morgan fingerprint density at radius 3 is 2.26 bits per heavy atom. The largest absolute Gasteiger partial charge is 0.274 e. The van der Waals surface area contributed by atoms with E-state index in [0.29, 0.717) is 6.42 Å². The van der Waals surface area contributed by atoms with Gasteiger partial charge in [0.2, 0.25) is 11.8 Å². The minimum Gasteiger partial charge on any atom is -0.274 e. The molecular formula is C16H19NO2. The van der Waals surface area contributed by atoms with Crippen molar-refractivity contribution in [2.75, 3.05) is 4.90 Å². The van der Waals surface area contributed by atoms with Crippen molar-refractivity contribution in [3.8, 4) is 0 Å². The van der Waals surface area contributed by atoms with Crippen molar-refractivity contribution < 1.29 is 9.59 Å². The Kier molecular flexibility index (Phi) is 2.92. The molecule has 100 valence electrons. The molecule has 2 fully saturated rings. The van der Waals surface area contributed by atoms with E-state index in [9.17, 15) is 9.59 Å². The van der Waals surface area contributed by atoms with E-state index >= 15 is 0 Å². The number of carbonyl (C=O) groups is 2. The third-order valence-electron chi connectivity index (χ3n) is 4.50. The Bertz CT molecular complexity index is 512. The number of hydrogen-bond acceptors (Lipinski definition) is 2. The molecule has 3 nitrogen and oxygen atoms in total. The molecule has 0 aromatic heterocycles. The third-order valence-corrected chi connectivity index (χ3v) is 4.50. The minimum atomic E-state index is -0.389. The molecule has 1 spiro atoms. The van der Waals surface area contributed by atoms with E-state index in [0.717, 1.165) is 36.9 Å². The van der Waals surface area contributed by atoms with Gasteiger partial charge in [-0.05, 0) is 31.9 Å². The van der Waals surface area contributed by atoms with E-state index < -0.39 is 0 Å². The first-order valence-corrected chi connectivity index (χ1v) is 7.06. The minimum absolute atomic E-state index is 0.0288. The van der Waals surface area contributed by atoms with Crippen molar-refractivity contribution in [1.29, 1.82) is 0 Å². The SMILES string of the molecule is Cc1ccc(N2C(=O)CC3(CCCCC3)C2=O)cc1. The molecule has 0 unspecified atom stereocenters.